The molecule has 0 N–H and O–H groups in total. The molecule has 0 heterocycles. The maximum atomic E-state index is 8.55. The Morgan fingerprint density at radius 2 is 0.667 bits per heavy atom. The van der Waals surface area contributed by atoms with E-state index in [4.69, 9.17) is 38.5 Å². The standard InChI is InChI=1S/Al.2H3O4P.Sb/c;2*1-5(2,3)4;/h;2*(H3,1,2,3,4);/q+3;;;+3/p-6. The third-order valence-corrected chi connectivity index (χ3v) is 0. The predicted octanol–water partition coefficient (Wildman–Crippen LogP) is -6.41. The first-order valence-corrected chi connectivity index (χ1v) is 4.38. The molecule has 0 unspecified atom stereocenters. The van der Waals surface area contributed by atoms with Gasteiger partial charge in [0.2, 0.25) is 0 Å². The van der Waals surface area contributed by atoms with Crippen LogP contribution < -0.4 is 29.4 Å². The number of hydrogen-bond donors (Lipinski definition) is 0. The van der Waals surface area contributed by atoms with Crippen molar-refractivity contribution in [3.05, 3.63) is 0 Å². The van der Waals surface area contributed by atoms with Gasteiger partial charge >= 0.3 is 41.8 Å². The molecule has 0 aliphatic heterocycles. The molecule has 0 saturated carbocycles. The molecule has 0 bridgehead atoms. The fourth-order valence-corrected chi connectivity index (χ4v) is 0. The van der Waals surface area contributed by atoms with E-state index in [1.165, 1.54) is 0 Å². The van der Waals surface area contributed by atoms with Gasteiger partial charge in [0.1, 0.15) is 0 Å². The number of hydrogen-bond acceptors (Lipinski definition) is 8. The fraction of sp³-hybridized carbons (Fsp3) is 0. The van der Waals surface area contributed by atoms with Gasteiger partial charge in [0.05, 0.1) is 0 Å². The maximum absolute atomic E-state index is 8.55. The smallest absolute Gasteiger partial charge is 0.822 e. The van der Waals surface area contributed by atoms with Crippen molar-refractivity contribution in [3.8, 4) is 0 Å². The molecule has 0 fully saturated rings. The van der Waals surface area contributed by atoms with Crippen LogP contribution in [-0.4, -0.2) is 41.8 Å². The third kappa shape index (κ3) is 524. The molecule has 0 aromatic rings. The van der Waals surface area contributed by atoms with Gasteiger partial charge in [-0.2, -0.15) is 15.6 Å². The predicted molar refractivity (Wildman–Crippen MR) is 26.7 cm³/mol. The molecule has 0 amide bonds. The van der Waals surface area contributed by atoms with Crippen LogP contribution in [0.2, 0.25) is 0 Å². The molecule has 0 aromatic heterocycles. The molecule has 0 rings (SSSR count). The molecule has 8 nitrogen and oxygen atoms in total. The molecule has 0 aromatic carbocycles. The Morgan fingerprint density at radius 3 is 0.667 bits per heavy atom. The first-order chi connectivity index (χ1) is 4.00. The van der Waals surface area contributed by atoms with Gasteiger partial charge in [-0.1, -0.05) is 0 Å². The molecule has 0 aliphatic carbocycles. The van der Waals surface area contributed by atoms with Gasteiger partial charge in [-0.3, -0.25) is 0 Å². The zero-order valence-corrected chi connectivity index (χ0v) is 10.7. The Morgan fingerprint density at radius 1 is 0.667 bits per heavy atom. The van der Waals surface area contributed by atoms with Gasteiger partial charge in [0.25, 0.3) is 0 Å². The molecule has 0 aliphatic rings. The van der Waals surface area contributed by atoms with Crippen molar-refractivity contribution in [2.75, 3.05) is 0 Å². The minimum Gasteiger partial charge on any atom is -0.822 e. The summed E-state index contributed by atoms with van der Waals surface area (Å²) in [5.41, 5.74) is 0. The molecule has 0 atom stereocenters. The summed E-state index contributed by atoms with van der Waals surface area (Å²) in [5.74, 6) is 0. The minimum atomic E-state index is -5.39. The van der Waals surface area contributed by atoms with Crippen molar-refractivity contribution in [2.45, 2.75) is 0 Å². The van der Waals surface area contributed by atoms with Crippen LogP contribution in [0, 0.1) is 0 Å². The van der Waals surface area contributed by atoms with E-state index in [2.05, 4.69) is 0 Å². The fourth-order valence-electron chi connectivity index (χ4n) is 0. The Balaban J connectivity index is -0.0000000457. The molecule has 0 saturated heterocycles. The summed E-state index contributed by atoms with van der Waals surface area (Å²) in [6.07, 6.45) is 0. The van der Waals surface area contributed by atoms with Gasteiger partial charge in [-0.15, -0.1) is 0 Å². The van der Waals surface area contributed by atoms with E-state index < -0.39 is 15.6 Å². The van der Waals surface area contributed by atoms with E-state index in [9.17, 15) is 0 Å². The van der Waals surface area contributed by atoms with E-state index in [1.54, 1.807) is 0 Å². The summed E-state index contributed by atoms with van der Waals surface area (Å²) in [4.78, 5) is 51.3. The summed E-state index contributed by atoms with van der Waals surface area (Å²) in [7, 11) is -10.8. The second kappa shape index (κ2) is 9.14. The van der Waals surface area contributed by atoms with Crippen molar-refractivity contribution in [3.63, 3.8) is 0 Å². The first-order valence-electron chi connectivity index (χ1n) is 1.46. The van der Waals surface area contributed by atoms with Crippen LogP contribution in [0.3, 0.4) is 0 Å². The van der Waals surface area contributed by atoms with Crippen molar-refractivity contribution in [2.24, 2.45) is 0 Å². The summed E-state index contributed by atoms with van der Waals surface area (Å²) in [6.45, 7) is 0. The maximum Gasteiger partial charge on any atom is 3.00 e. The van der Waals surface area contributed by atoms with Gasteiger partial charge in [0, 0.05) is 0 Å². The second-order valence-electron chi connectivity index (χ2n) is 0.894. The molecule has 66 valence electrons. The summed E-state index contributed by atoms with van der Waals surface area (Å²) < 4.78 is 17.1. The summed E-state index contributed by atoms with van der Waals surface area (Å²) >= 11 is 0. The van der Waals surface area contributed by atoms with Gasteiger partial charge in [-0.25, -0.2) is 0 Å². The molecule has 2 radical (unpaired) electrons. The normalized spacial score (nSPS) is 9.83. The third-order valence-electron chi connectivity index (χ3n) is 0. The van der Waals surface area contributed by atoms with Crippen LogP contribution in [0.25, 0.3) is 0 Å². The molecular formula is AlO8P2Sb. The van der Waals surface area contributed by atoms with Crippen LogP contribution in [0.1, 0.15) is 0 Å². The number of phosphoric acid groups is 2. The topological polar surface area (TPSA) is 172 Å². The summed E-state index contributed by atoms with van der Waals surface area (Å²) in [5, 5.41) is 0. The Labute approximate surface area is 95.7 Å². The minimum absolute atomic E-state index is 0. The van der Waals surface area contributed by atoms with Crippen LogP contribution in [0.5, 0.6) is 0 Å². The van der Waals surface area contributed by atoms with Gasteiger partial charge in [0.15, 0.2) is 0 Å². The monoisotopic (exact) mass is 338 g/mol. The van der Waals surface area contributed by atoms with Crippen LogP contribution in [0.15, 0.2) is 0 Å². The molecular weight excluding hydrogens is 339 g/mol. The molecule has 12 heteroatoms. The second-order valence-corrected chi connectivity index (χ2v) is 2.68. The van der Waals surface area contributed by atoms with E-state index in [-0.39, 0.29) is 41.8 Å². The van der Waals surface area contributed by atoms with E-state index >= 15 is 0 Å². The van der Waals surface area contributed by atoms with Crippen molar-refractivity contribution < 1.29 is 38.5 Å². The zero-order valence-electron chi connectivity index (χ0n) is 5.18. The largest absolute Gasteiger partial charge is 3.00 e. The average Bonchev–Trinajstić information content (AvgIpc) is 1.12. The first kappa shape index (κ1) is 23.4. The zero-order chi connectivity index (χ0) is 9.00. The SMILES string of the molecule is O=P([O-])([O-])[O-].O=P([O-])([O-])[O-].[Al+3].[Sb+3]. The van der Waals surface area contributed by atoms with Crippen LogP contribution in [-0.2, 0) is 9.13 Å². The van der Waals surface area contributed by atoms with Crippen LogP contribution >= 0.6 is 15.6 Å². The van der Waals surface area contributed by atoms with E-state index in [0.29, 0.717) is 0 Å². The Bertz CT molecular complexity index is 129. The average molecular weight is 339 g/mol. The van der Waals surface area contributed by atoms with E-state index in [1.807, 2.05) is 0 Å². The van der Waals surface area contributed by atoms with Gasteiger partial charge < -0.3 is 38.5 Å². The van der Waals surface area contributed by atoms with Crippen molar-refractivity contribution in [1.29, 1.82) is 0 Å². The Hall–Kier alpha value is 1.57. The van der Waals surface area contributed by atoms with E-state index in [0.717, 1.165) is 0 Å². The van der Waals surface area contributed by atoms with Crippen molar-refractivity contribution in [1.82, 2.24) is 0 Å². The summed E-state index contributed by atoms with van der Waals surface area (Å²) in [6, 6.07) is 0. The Kier molecular flexibility index (Phi) is 17.8. The van der Waals surface area contributed by atoms with Crippen molar-refractivity contribution >= 4 is 57.4 Å². The molecule has 12 heavy (non-hydrogen) atoms. The molecule has 0 spiro atoms. The number of rotatable bonds is 0. The quantitative estimate of drug-likeness (QED) is 0.309. The van der Waals surface area contributed by atoms with Crippen LogP contribution in [0.4, 0.5) is 0 Å². The van der Waals surface area contributed by atoms with Gasteiger partial charge in [-0.05, 0) is 0 Å².